The van der Waals surface area contributed by atoms with Gasteiger partial charge in [-0.25, -0.2) is 4.98 Å². The molecule has 0 saturated heterocycles. The van der Waals surface area contributed by atoms with Crippen LogP contribution in [0.1, 0.15) is 24.2 Å². The fourth-order valence-corrected chi connectivity index (χ4v) is 3.84. The molecule has 1 N–H and O–H groups in total. The van der Waals surface area contributed by atoms with Gasteiger partial charge in [-0.2, -0.15) is 0 Å². The molecule has 6 heteroatoms. The molecule has 4 aromatic rings. The van der Waals surface area contributed by atoms with Gasteiger partial charge in [0.15, 0.2) is 5.58 Å². The molecular formula is C24H22BrN3O2. The van der Waals surface area contributed by atoms with Gasteiger partial charge < -0.3 is 14.6 Å². The molecule has 0 aliphatic carbocycles. The lowest BCUT2D eigenvalue weighted by atomic mass is 10.2. The summed E-state index contributed by atoms with van der Waals surface area (Å²) < 4.78 is 6.68. The van der Waals surface area contributed by atoms with E-state index in [9.17, 15) is 4.79 Å². The number of anilines is 2. The smallest absolute Gasteiger partial charge is 0.256 e. The van der Waals surface area contributed by atoms with Crippen LogP contribution < -0.4 is 10.2 Å². The molecule has 0 aliphatic heterocycles. The summed E-state index contributed by atoms with van der Waals surface area (Å²) in [7, 11) is 0. The Labute approximate surface area is 183 Å². The summed E-state index contributed by atoms with van der Waals surface area (Å²) in [6.45, 7) is 6.22. The van der Waals surface area contributed by atoms with Crippen LogP contribution in [0.15, 0.2) is 75.6 Å². The van der Waals surface area contributed by atoms with Gasteiger partial charge in [-0.15, -0.1) is 0 Å². The highest BCUT2D eigenvalue weighted by molar-refractivity contribution is 9.10. The molecule has 1 heterocycles. The van der Waals surface area contributed by atoms with Crippen molar-refractivity contribution in [2.75, 3.05) is 23.3 Å². The third kappa shape index (κ3) is 4.09. The second-order valence-corrected chi connectivity index (χ2v) is 7.71. The van der Waals surface area contributed by atoms with Crippen molar-refractivity contribution in [2.24, 2.45) is 0 Å². The topological polar surface area (TPSA) is 58.4 Å². The van der Waals surface area contributed by atoms with Crippen molar-refractivity contribution in [3.8, 4) is 11.5 Å². The van der Waals surface area contributed by atoms with Crippen LogP contribution in [0.3, 0.4) is 0 Å². The second kappa shape index (κ2) is 8.71. The van der Waals surface area contributed by atoms with Crippen LogP contribution in [0, 0.1) is 0 Å². The third-order valence-corrected chi connectivity index (χ3v) is 5.70. The van der Waals surface area contributed by atoms with Gasteiger partial charge in [-0.1, -0.05) is 12.1 Å². The van der Waals surface area contributed by atoms with Crippen LogP contribution in [-0.2, 0) is 0 Å². The van der Waals surface area contributed by atoms with Crippen molar-refractivity contribution in [3.05, 3.63) is 76.8 Å². The van der Waals surface area contributed by atoms with E-state index in [1.54, 1.807) is 6.07 Å². The molecule has 5 nitrogen and oxygen atoms in total. The Kier molecular flexibility index (Phi) is 5.86. The van der Waals surface area contributed by atoms with Crippen molar-refractivity contribution in [1.29, 1.82) is 0 Å². The van der Waals surface area contributed by atoms with Crippen molar-refractivity contribution in [3.63, 3.8) is 0 Å². The number of halogens is 1. The molecule has 30 heavy (non-hydrogen) atoms. The molecule has 0 radical (unpaired) electrons. The Morgan fingerprint density at radius 1 is 1.03 bits per heavy atom. The van der Waals surface area contributed by atoms with Gasteiger partial charge in [0.05, 0.1) is 5.56 Å². The van der Waals surface area contributed by atoms with Crippen molar-refractivity contribution in [2.45, 2.75) is 13.8 Å². The summed E-state index contributed by atoms with van der Waals surface area (Å²) >= 11 is 3.41. The zero-order valence-electron chi connectivity index (χ0n) is 16.9. The maximum Gasteiger partial charge on any atom is 0.256 e. The summed E-state index contributed by atoms with van der Waals surface area (Å²) in [5.41, 5.74) is 4.71. The molecule has 0 atom stereocenters. The highest BCUT2D eigenvalue weighted by atomic mass is 79.9. The van der Waals surface area contributed by atoms with Crippen LogP contribution in [0.2, 0.25) is 0 Å². The Morgan fingerprint density at radius 2 is 1.77 bits per heavy atom. The Morgan fingerprint density at radius 3 is 2.47 bits per heavy atom. The van der Waals surface area contributed by atoms with E-state index in [-0.39, 0.29) is 5.91 Å². The van der Waals surface area contributed by atoms with Gasteiger partial charge in [0.2, 0.25) is 5.89 Å². The molecule has 4 rings (SSSR count). The van der Waals surface area contributed by atoms with E-state index in [0.717, 1.165) is 23.1 Å². The lowest BCUT2D eigenvalue weighted by Gasteiger charge is -2.20. The largest absolute Gasteiger partial charge is 0.436 e. The molecule has 0 unspecified atom stereocenters. The van der Waals surface area contributed by atoms with Crippen molar-refractivity contribution < 1.29 is 9.21 Å². The number of benzene rings is 3. The number of nitrogens with one attached hydrogen (secondary N) is 1. The summed E-state index contributed by atoms with van der Waals surface area (Å²) in [6, 6.07) is 21.0. The van der Waals surface area contributed by atoms with E-state index in [1.807, 2.05) is 48.5 Å². The predicted octanol–water partition coefficient (Wildman–Crippen LogP) is 6.36. The van der Waals surface area contributed by atoms with Gasteiger partial charge in [0.25, 0.3) is 5.91 Å². The minimum Gasteiger partial charge on any atom is -0.436 e. The molecule has 1 aromatic heterocycles. The second-order valence-electron chi connectivity index (χ2n) is 6.85. The standard InChI is InChI=1S/C24H22BrN3O2/c1-3-28(4-2)18-12-9-16(10-13-18)24-27-21-15-17(11-14-22(21)30-24)26-23(29)19-7-5-6-8-20(19)25/h5-15H,3-4H2,1-2H3,(H,26,29). The first-order chi connectivity index (χ1) is 14.6. The van der Waals surface area contributed by atoms with E-state index in [1.165, 1.54) is 5.69 Å². The molecule has 0 saturated carbocycles. The molecule has 3 aromatic carbocycles. The van der Waals surface area contributed by atoms with E-state index in [2.05, 4.69) is 57.1 Å². The summed E-state index contributed by atoms with van der Waals surface area (Å²) in [5.74, 6) is 0.378. The lowest BCUT2D eigenvalue weighted by Crippen LogP contribution is -2.21. The maximum atomic E-state index is 12.5. The van der Waals surface area contributed by atoms with E-state index < -0.39 is 0 Å². The highest BCUT2D eigenvalue weighted by Gasteiger charge is 2.13. The molecule has 0 bridgehead atoms. The number of amides is 1. The Balaban J connectivity index is 1.57. The average molecular weight is 464 g/mol. The lowest BCUT2D eigenvalue weighted by molar-refractivity contribution is 0.102. The normalized spacial score (nSPS) is 10.9. The predicted molar refractivity (Wildman–Crippen MR) is 125 cm³/mol. The highest BCUT2D eigenvalue weighted by Crippen LogP contribution is 2.28. The summed E-state index contributed by atoms with van der Waals surface area (Å²) in [5, 5.41) is 2.92. The first-order valence-electron chi connectivity index (χ1n) is 9.91. The van der Waals surface area contributed by atoms with Crippen LogP contribution >= 0.6 is 15.9 Å². The average Bonchev–Trinajstić information content (AvgIpc) is 3.19. The van der Waals surface area contributed by atoms with Crippen molar-refractivity contribution >= 4 is 44.3 Å². The SMILES string of the molecule is CCN(CC)c1ccc(-c2nc3cc(NC(=O)c4ccccc4Br)ccc3o2)cc1. The van der Waals surface area contributed by atoms with Crippen LogP contribution in [-0.4, -0.2) is 24.0 Å². The maximum absolute atomic E-state index is 12.5. The molecular weight excluding hydrogens is 442 g/mol. The molecule has 1 amide bonds. The fraction of sp³-hybridized carbons (Fsp3) is 0.167. The van der Waals surface area contributed by atoms with Crippen LogP contribution in [0.25, 0.3) is 22.6 Å². The summed E-state index contributed by atoms with van der Waals surface area (Å²) in [6.07, 6.45) is 0. The van der Waals surface area contributed by atoms with Crippen LogP contribution in [0.4, 0.5) is 11.4 Å². The zero-order valence-corrected chi connectivity index (χ0v) is 18.4. The number of carbonyl (C=O) groups excluding carboxylic acids is 1. The van der Waals surface area contributed by atoms with Gasteiger partial charge in [0.1, 0.15) is 5.52 Å². The first kappa shape index (κ1) is 20.2. The quantitative estimate of drug-likeness (QED) is 0.361. The Bertz CT molecular complexity index is 1180. The number of hydrogen-bond acceptors (Lipinski definition) is 4. The molecule has 0 aliphatic rings. The minimum atomic E-state index is -0.183. The molecule has 152 valence electrons. The van der Waals surface area contributed by atoms with Gasteiger partial charge in [0, 0.05) is 34.5 Å². The number of aromatic nitrogens is 1. The molecule has 0 fully saturated rings. The van der Waals surface area contributed by atoms with E-state index in [0.29, 0.717) is 28.2 Å². The number of nitrogens with zero attached hydrogens (tertiary/aromatic N) is 2. The minimum absolute atomic E-state index is 0.183. The number of oxazole rings is 1. The number of hydrogen-bond donors (Lipinski definition) is 1. The number of fused-ring (bicyclic) bond motifs is 1. The summed E-state index contributed by atoms with van der Waals surface area (Å²) in [4.78, 5) is 19.4. The monoisotopic (exact) mass is 463 g/mol. The van der Waals surface area contributed by atoms with Gasteiger partial charge in [-0.05, 0) is 84.4 Å². The number of carbonyl (C=O) groups is 1. The van der Waals surface area contributed by atoms with E-state index >= 15 is 0 Å². The van der Waals surface area contributed by atoms with Crippen molar-refractivity contribution in [1.82, 2.24) is 4.98 Å². The fourth-order valence-electron chi connectivity index (χ4n) is 3.38. The van der Waals surface area contributed by atoms with Gasteiger partial charge >= 0.3 is 0 Å². The molecule has 0 spiro atoms. The van der Waals surface area contributed by atoms with Crippen LogP contribution in [0.5, 0.6) is 0 Å². The van der Waals surface area contributed by atoms with Gasteiger partial charge in [-0.3, -0.25) is 4.79 Å². The third-order valence-electron chi connectivity index (χ3n) is 5.01. The van der Waals surface area contributed by atoms with E-state index in [4.69, 9.17) is 4.42 Å². The Hall–Kier alpha value is -3.12. The zero-order chi connectivity index (χ0) is 21.1. The number of rotatable bonds is 6. The first-order valence-corrected chi connectivity index (χ1v) is 10.7.